The molecule has 1 aromatic carbocycles. The molecule has 0 radical (unpaired) electrons. The van der Waals surface area contributed by atoms with Crippen LogP contribution in [0.5, 0.6) is 0 Å². The molecule has 1 rings (SSSR count). The van der Waals surface area contributed by atoms with Crippen molar-refractivity contribution >= 4 is 17.4 Å². The van der Waals surface area contributed by atoms with Gasteiger partial charge in [0.15, 0.2) is 0 Å². The summed E-state index contributed by atoms with van der Waals surface area (Å²) < 4.78 is 0. The number of rotatable bonds is 9. The van der Waals surface area contributed by atoms with Gasteiger partial charge in [0.2, 0.25) is 0 Å². The smallest absolute Gasteiger partial charge is 0.251 e. The number of Topliss-reactive ketones (excluding diaryl/α,β-unsaturated/α-hetero) is 1. The Hall–Kier alpha value is -1.84. The highest BCUT2D eigenvalue weighted by atomic mass is 16.1. The summed E-state index contributed by atoms with van der Waals surface area (Å²) in [5, 5.41) is 2.93. The molecule has 0 unspecified atom stereocenters. The van der Waals surface area contributed by atoms with Crippen molar-refractivity contribution in [1.29, 1.82) is 0 Å². The molecule has 4 heteroatoms. The Balaban J connectivity index is 2.20. The number of nitrogens with one attached hydrogen (secondary N) is 1. The first kappa shape index (κ1) is 17.2. The van der Waals surface area contributed by atoms with Gasteiger partial charge in [-0.3, -0.25) is 4.79 Å². The summed E-state index contributed by atoms with van der Waals surface area (Å²) in [7, 11) is 3.95. The lowest BCUT2D eigenvalue weighted by molar-refractivity contribution is -0.117. The molecule has 0 saturated carbocycles. The Bertz CT molecular complexity index is 452. The number of unbranched alkanes of at least 4 members (excludes halogenated alkanes) is 3. The predicted molar refractivity (Wildman–Crippen MR) is 86.9 cm³/mol. The Morgan fingerprint density at radius 3 is 2.19 bits per heavy atom. The monoisotopic (exact) mass is 290 g/mol. The zero-order valence-electron chi connectivity index (χ0n) is 13.3. The Kier molecular flexibility index (Phi) is 7.51. The summed E-state index contributed by atoms with van der Waals surface area (Å²) >= 11 is 0. The van der Waals surface area contributed by atoms with E-state index in [9.17, 15) is 9.59 Å². The van der Waals surface area contributed by atoms with Crippen LogP contribution < -0.4 is 10.2 Å². The van der Waals surface area contributed by atoms with Crippen molar-refractivity contribution in [1.82, 2.24) is 5.32 Å². The van der Waals surface area contributed by atoms with Crippen molar-refractivity contribution in [3.05, 3.63) is 29.8 Å². The molecule has 0 aliphatic heterocycles. The summed E-state index contributed by atoms with van der Waals surface area (Å²) in [6, 6.07) is 7.57. The molecule has 1 amide bonds. The molecule has 0 fully saturated rings. The van der Waals surface area contributed by atoms with Gasteiger partial charge in [0, 0.05) is 38.3 Å². The average molecular weight is 290 g/mol. The third-order valence-electron chi connectivity index (χ3n) is 3.39. The number of nitrogens with zero attached hydrogens (tertiary/aromatic N) is 1. The number of hydrogen-bond acceptors (Lipinski definition) is 3. The lowest BCUT2D eigenvalue weighted by Crippen LogP contribution is -2.24. The zero-order valence-corrected chi connectivity index (χ0v) is 13.3. The van der Waals surface area contributed by atoms with E-state index in [0.717, 1.165) is 31.4 Å². The van der Waals surface area contributed by atoms with Crippen LogP contribution >= 0.6 is 0 Å². The molecule has 0 atom stereocenters. The number of carbonyl (C=O) groups is 2. The molecule has 116 valence electrons. The molecule has 21 heavy (non-hydrogen) atoms. The van der Waals surface area contributed by atoms with Crippen LogP contribution in [-0.4, -0.2) is 32.3 Å². The molecular formula is C17H26N2O2. The fourth-order valence-corrected chi connectivity index (χ4v) is 2.07. The summed E-state index contributed by atoms with van der Waals surface area (Å²) in [6.45, 7) is 2.32. The maximum Gasteiger partial charge on any atom is 0.251 e. The highest BCUT2D eigenvalue weighted by Crippen LogP contribution is 2.12. The van der Waals surface area contributed by atoms with Gasteiger partial charge in [0.1, 0.15) is 5.78 Å². The number of ketones is 1. The van der Waals surface area contributed by atoms with E-state index < -0.39 is 0 Å². The first-order chi connectivity index (χ1) is 10.0. The van der Waals surface area contributed by atoms with Crippen LogP contribution in [0.1, 0.15) is 49.4 Å². The lowest BCUT2D eigenvalue weighted by atomic mass is 10.1. The maximum absolute atomic E-state index is 11.9. The van der Waals surface area contributed by atoms with Crippen molar-refractivity contribution < 1.29 is 9.59 Å². The largest absolute Gasteiger partial charge is 0.378 e. The number of anilines is 1. The van der Waals surface area contributed by atoms with E-state index >= 15 is 0 Å². The van der Waals surface area contributed by atoms with Gasteiger partial charge in [0.25, 0.3) is 5.91 Å². The normalized spacial score (nSPS) is 10.2. The fourth-order valence-electron chi connectivity index (χ4n) is 2.07. The topological polar surface area (TPSA) is 49.4 Å². The van der Waals surface area contributed by atoms with E-state index in [1.807, 2.05) is 43.3 Å². The van der Waals surface area contributed by atoms with Crippen LogP contribution in [0, 0.1) is 0 Å². The molecule has 1 aromatic rings. The van der Waals surface area contributed by atoms with E-state index in [1.54, 1.807) is 6.92 Å². The van der Waals surface area contributed by atoms with Crippen molar-refractivity contribution in [2.45, 2.75) is 39.0 Å². The molecule has 0 spiro atoms. The first-order valence-corrected chi connectivity index (χ1v) is 7.55. The second kappa shape index (κ2) is 9.16. The van der Waals surface area contributed by atoms with Crippen molar-refractivity contribution in [2.24, 2.45) is 0 Å². The van der Waals surface area contributed by atoms with Gasteiger partial charge < -0.3 is 15.0 Å². The van der Waals surface area contributed by atoms with Gasteiger partial charge in [-0.2, -0.15) is 0 Å². The van der Waals surface area contributed by atoms with E-state index in [1.165, 1.54) is 0 Å². The Labute approximate surface area is 127 Å². The van der Waals surface area contributed by atoms with E-state index in [4.69, 9.17) is 0 Å². The Morgan fingerprint density at radius 1 is 1.00 bits per heavy atom. The molecule has 4 nitrogen and oxygen atoms in total. The minimum Gasteiger partial charge on any atom is -0.378 e. The SMILES string of the molecule is CC(=O)CCCCCCNC(=O)c1ccc(N(C)C)cc1. The zero-order chi connectivity index (χ0) is 15.7. The van der Waals surface area contributed by atoms with E-state index in [0.29, 0.717) is 18.5 Å². The van der Waals surface area contributed by atoms with Crippen molar-refractivity contribution in [3.8, 4) is 0 Å². The molecule has 0 saturated heterocycles. The number of hydrogen-bond donors (Lipinski definition) is 1. The van der Waals surface area contributed by atoms with Crippen LogP contribution in [-0.2, 0) is 4.79 Å². The second-order valence-corrected chi connectivity index (χ2v) is 5.56. The van der Waals surface area contributed by atoms with Gasteiger partial charge >= 0.3 is 0 Å². The first-order valence-electron chi connectivity index (χ1n) is 7.55. The number of benzene rings is 1. The van der Waals surface area contributed by atoms with Gasteiger partial charge in [-0.1, -0.05) is 12.8 Å². The van der Waals surface area contributed by atoms with Gasteiger partial charge in [-0.25, -0.2) is 0 Å². The predicted octanol–water partition coefficient (Wildman–Crippen LogP) is 3.02. The average Bonchev–Trinajstić information content (AvgIpc) is 2.45. The second-order valence-electron chi connectivity index (χ2n) is 5.56. The van der Waals surface area contributed by atoms with Crippen LogP contribution in [0.2, 0.25) is 0 Å². The summed E-state index contributed by atoms with van der Waals surface area (Å²) in [5.41, 5.74) is 1.77. The van der Waals surface area contributed by atoms with E-state index in [2.05, 4.69) is 5.32 Å². The third kappa shape index (κ3) is 6.93. The molecule has 1 N–H and O–H groups in total. The number of carbonyl (C=O) groups excluding carboxylic acids is 2. The van der Waals surface area contributed by atoms with Crippen molar-refractivity contribution in [3.63, 3.8) is 0 Å². The number of amides is 1. The van der Waals surface area contributed by atoms with Gasteiger partial charge in [0.05, 0.1) is 0 Å². The lowest BCUT2D eigenvalue weighted by Gasteiger charge is -2.12. The fraction of sp³-hybridized carbons (Fsp3) is 0.529. The molecule has 0 heterocycles. The van der Waals surface area contributed by atoms with Crippen molar-refractivity contribution in [2.75, 3.05) is 25.5 Å². The minimum absolute atomic E-state index is 0.0240. The summed E-state index contributed by atoms with van der Waals surface area (Å²) in [4.78, 5) is 24.7. The molecule has 0 aromatic heterocycles. The third-order valence-corrected chi connectivity index (χ3v) is 3.39. The molecule has 0 aliphatic carbocycles. The minimum atomic E-state index is -0.0240. The quantitative estimate of drug-likeness (QED) is 0.711. The van der Waals surface area contributed by atoms with Crippen LogP contribution in [0.4, 0.5) is 5.69 Å². The summed E-state index contributed by atoms with van der Waals surface area (Å²) in [5.74, 6) is 0.230. The molecular weight excluding hydrogens is 264 g/mol. The Morgan fingerprint density at radius 2 is 1.62 bits per heavy atom. The molecule has 0 aliphatic rings. The maximum atomic E-state index is 11.9. The van der Waals surface area contributed by atoms with E-state index in [-0.39, 0.29) is 11.7 Å². The standard InChI is InChI=1S/C17H26N2O2/c1-14(20)8-6-4-5-7-13-18-17(21)15-9-11-16(12-10-15)19(2)3/h9-12H,4-8,13H2,1-3H3,(H,18,21). The highest BCUT2D eigenvalue weighted by molar-refractivity contribution is 5.94. The highest BCUT2D eigenvalue weighted by Gasteiger charge is 2.05. The van der Waals surface area contributed by atoms with Gasteiger partial charge in [-0.05, 0) is 44.0 Å². The molecule has 0 bridgehead atoms. The summed E-state index contributed by atoms with van der Waals surface area (Å²) in [6.07, 6.45) is 4.68. The van der Waals surface area contributed by atoms with Crippen LogP contribution in [0.15, 0.2) is 24.3 Å². The van der Waals surface area contributed by atoms with Gasteiger partial charge in [-0.15, -0.1) is 0 Å². The van der Waals surface area contributed by atoms with Crippen LogP contribution in [0.3, 0.4) is 0 Å². The van der Waals surface area contributed by atoms with Crippen LogP contribution in [0.25, 0.3) is 0 Å².